The molecule has 0 bridgehead atoms. The van der Waals surface area contributed by atoms with Crippen LogP contribution >= 0.6 is 0 Å². The predicted octanol–water partition coefficient (Wildman–Crippen LogP) is 4.30. The van der Waals surface area contributed by atoms with Crippen molar-refractivity contribution in [3.05, 3.63) is 54.1 Å². The SMILES string of the molecule is CCCS(=O)(=O)Nc1ccc(N(CC)c2cccc(C)c2)cc1. The third kappa shape index (κ3) is 4.73. The first-order valence-corrected chi connectivity index (χ1v) is 9.55. The molecule has 23 heavy (non-hydrogen) atoms. The van der Waals surface area contributed by atoms with Crippen LogP contribution in [0.15, 0.2) is 48.5 Å². The van der Waals surface area contributed by atoms with Crippen LogP contribution in [-0.2, 0) is 10.0 Å². The fourth-order valence-corrected chi connectivity index (χ4v) is 3.65. The van der Waals surface area contributed by atoms with Crippen LogP contribution < -0.4 is 9.62 Å². The predicted molar refractivity (Wildman–Crippen MR) is 98.0 cm³/mol. The second-order valence-corrected chi connectivity index (χ2v) is 7.39. The molecule has 1 N–H and O–H groups in total. The summed E-state index contributed by atoms with van der Waals surface area (Å²) in [6.07, 6.45) is 0.602. The Hall–Kier alpha value is -2.01. The summed E-state index contributed by atoms with van der Waals surface area (Å²) in [6.45, 7) is 6.86. The standard InChI is InChI=1S/C18H24N2O2S/c1-4-13-23(21,22)19-16-9-11-17(12-10-16)20(5-2)18-8-6-7-15(3)14-18/h6-12,14,19H,4-5,13H2,1-3H3. The average Bonchev–Trinajstić information content (AvgIpc) is 2.49. The number of rotatable bonds is 7. The van der Waals surface area contributed by atoms with Crippen LogP contribution in [0.4, 0.5) is 17.1 Å². The van der Waals surface area contributed by atoms with Gasteiger partial charge in [-0.15, -0.1) is 0 Å². The second-order valence-electron chi connectivity index (χ2n) is 5.55. The molecule has 0 aliphatic rings. The molecule has 0 aromatic heterocycles. The van der Waals surface area contributed by atoms with Crippen LogP contribution in [-0.4, -0.2) is 20.7 Å². The Balaban J connectivity index is 2.20. The van der Waals surface area contributed by atoms with E-state index >= 15 is 0 Å². The number of nitrogens with zero attached hydrogens (tertiary/aromatic N) is 1. The monoisotopic (exact) mass is 332 g/mol. The molecular formula is C18H24N2O2S. The summed E-state index contributed by atoms with van der Waals surface area (Å²) in [6, 6.07) is 15.8. The second kappa shape index (κ2) is 7.51. The molecule has 0 heterocycles. The fourth-order valence-electron chi connectivity index (χ4n) is 2.52. The molecule has 0 spiro atoms. The minimum Gasteiger partial charge on any atom is -0.342 e. The van der Waals surface area contributed by atoms with E-state index in [9.17, 15) is 8.42 Å². The topological polar surface area (TPSA) is 49.4 Å². The molecule has 0 saturated carbocycles. The van der Waals surface area contributed by atoms with Gasteiger partial charge in [0.2, 0.25) is 10.0 Å². The minimum atomic E-state index is -3.24. The van der Waals surface area contributed by atoms with Crippen molar-refractivity contribution in [3.63, 3.8) is 0 Å². The lowest BCUT2D eigenvalue weighted by molar-refractivity contribution is 0.600. The first kappa shape index (κ1) is 17.3. The minimum absolute atomic E-state index is 0.138. The summed E-state index contributed by atoms with van der Waals surface area (Å²) < 4.78 is 26.2. The Morgan fingerprint density at radius 2 is 1.70 bits per heavy atom. The molecule has 2 rings (SSSR count). The lowest BCUT2D eigenvalue weighted by Gasteiger charge is -2.24. The van der Waals surface area contributed by atoms with E-state index < -0.39 is 10.0 Å². The zero-order valence-corrected chi connectivity index (χ0v) is 14.7. The number of sulfonamides is 1. The molecule has 0 fully saturated rings. The zero-order valence-electron chi connectivity index (χ0n) is 13.9. The van der Waals surface area contributed by atoms with Crippen molar-refractivity contribution in [2.45, 2.75) is 27.2 Å². The fraction of sp³-hybridized carbons (Fsp3) is 0.333. The van der Waals surface area contributed by atoms with Crippen molar-refractivity contribution in [1.82, 2.24) is 0 Å². The van der Waals surface area contributed by atoms with Gasteiger partial charge in [-0.2, -0.15) is 0 Å². The molecule has 0 radical (unpaired) electrons. The number of benzene rings is 2. The van der Waals surface area contributed by atoms with Gasteiger partial charge >= 0.3 is 0 Å². The van der Waals surface area contributed by atoms with Crippen molar-refractivity contribution in [2.75, 3.05) is 21.9 Å². The van der Waals surface area contributed by atoms with Crippen LogP contribution in [0, 0.1) is 6.92 Å². The summed E-state index contributed by atoms with van der Waals surface area (Å²) in [5.74, 6) is 0.138. The molecule has 0 atom stereocenters. The van der Waals surface area contributed by atoms with Gasteiger partial charge in [0.15, 0.2) is 0 Å². The molecule has 0 unspecified atom stereocenters. The Kier molecular flexibility index (Phi) is 5.66. The van der Waals surface area contributed by atoms with Crippen LogP contribution in [0.25, 0.3) is 0 Å². The molecule has 0 saturated heterocycles. The molecule has 0 aliphatic carbocycles. The lowest BCUT2D eigenvalue weighted by atomic mass is 10.2. The van der Waals surface area contributed by atoms with Gasteiger partial charge in [-0.3, -0.25) is 4.72 Å². The normalized spacial score (nSPS) is 11.3. The Morgan fingerprint density at radius 3 is 2.26 bits per heavy atom. The first-order chi connectivity index (χ1) is 10.9. The molecule has 2 aromatic rings. The molecule has 2 aromatic carbocycles. The first-order valence-electron chi connectivity index (χ1n) is 7.90. The highest BCUT2D eigenvalue weighted by Gasteiger charge is 2.10. The molecule has 4 nitrogen and oxygen atoms in total. The van der Waals surface area contributed by atoms with Gasteiger partial charge in [-0.1, -0.05) is 19.1 Å². The number of anilines is 3. The molecule has 124 valence electrons. The number of nitrogens with one attached hydrogen (secondary N) is 1. The van der Waals surface area contributed by atoms with Gasteiger partial charge in [0.1, 0.15) is 0 Å². The van der Waals surface area contributed by atoms with Gasteiger partial charge in [0.05, 0.1) is 5.75 Å². The van der Waals surface area contributed by atoms with E-state index in [1.807, 2.05) is 25.1 Å². The van der Waals surface area contributed by atoms with Crippen molar-refractivity contribution in [2.24, 2.45) is 0 Å². The average molecular weight is 332 g/mol. The number of hydrogen-bond donors (Lipinski definition) is 1. The molecule has 0 aliphatic heterocycles. The van der Waals surface area contributed by atoms with Gasteiger partial charge in [-0.25, -0.2) is 8.42 Å². The van der Waals surface area contributed by atoms with Gasteiger partial charge < -0.3 is 4.90 Å². The largest absolute Gasteiger partial charge is 0.342 e. The lowest BCUT2D eigenvalue weighted by Crippen LogP contribution is -2.17. The van der Waals surface area contributed by atoms with Crippen molar-refractivity contribution >= 4 is 27.1 Å². The van der Waals surface area contributed by atoms with Gasteiger partial charge in [-0.05, 0) is 62.2 Å². The highest BCUT2D eigenvalue weighted by Crippen LogP contribution is 2.27. The third-order valence-corrected chi connectivity index (χ3v) is 5.05. The van der Waals surface area contributed by atoms with Crippen molar-refractivity contribution in [3.8, 4) is 0 Å². The summed E-state index contributed by atoms with van der Waals surface area (Å²) in [5, 5.41) is 0. The zero-order chi connectivity index (χ0) is 16.9. The molecule has 5 heteroatoms. The highest BCUT2D eigenvalue weighted by atomic mass is 32.2. The summed E-state index contributed by atoms with van der Waals surface area (Å²) >= 11 is 0. The third-order valence-electron chi connectivity index (χ3n) is 3.55. The maximum Gasteiger partial charge on any atom is 0.232 e. The van der Waals surface area contributed by atoms with E-state index in [4.69, 9.17) is 0 Å². The maximum absolute atomic E-state index is 11.8. The Morgan fingerprint density at radius 1 is 1.00 bits per heavy atom. The Bertz CT molecular complexity index is 740. The number of hydrogen-bond acceptors (Lipinski definition) is 3. The van der Waals surface area contributed by atoms with E-state index in [1.54, 1.807) is 12.1 Å². The van der Waals surface area contributed by atoms with E-state index in [1.165, 1.54) is 5.56 Å². The molecule has 0 amide bonds. The van der Waals surface area contributed by atoms with Gasteiger partial charge in [0.25, 0.3) is 0 Å². The highest BCUT2D eigenvalue weighted by molar-refractivity contribution is 7.92. The van der Waals surface area contributed by atoms with Crippen LogP contribution in [0.2, 0.25) is 0 Å². The van der Waals surface area contributed by atoms with Crippen LogP contribution in [0.1, 0.15) is 25.8 Å². The quantitative estimate of drug-likeness (QED) is 0.822. The van der Waals surface area contributed by atoms with Crippen LogP contribution in [0.3, 0.4) is 0 Å². The molecular weight excluding hydrogens is 308 g/mol. The summed E-state index contributed by atoms with van der Waals surface area (Å²) in [7, 11) is -3.24. The van der Waals surface area contributed by atoms with E-state index in [0.29, 0.717) is 12.1 Å². The Labute approximate surface area is 139 Å². The van der Waals surface area contributed by atoms with E-state index in [2.05, 4.69) is 41.7 Å². The smallest absolute Gasteiger partial charge is 0.232 e. The van der Waals surface area contributed by atoms with E-state index in [-0.39, 0.29) is 5.75 Å². The van der Waals surface area contributed by atoms with E-state index in [0.717, 1.165) is 17.9 Å². The van der Waals surface area contributed by atoms with Crippen molar-refractivity contribution < 1.29 is 8.42 Å². The maximum atomic E-state index is 11.8. The van der Waals surface area contributed by atoms with Crippen LogP contribution in [0.5, 0.6) is 0 Å². The van der Waals surface area contributed by atoms with Gasteiger partial charge in [0, 0.05) is 23.6 Å². The summed E-state index contributed by atoms with van der Waals surface area (Å²) in [4.78, 5) is 2.19. The number of aryl methyl sites for hydroxylation is 1. The van der Waals surface area contributed by atoms with Crippen molar-refractivity contribution in [1.29, 1.82) is 0 Å². The summed E-state index contributed by atoms with van der Waals surface area (Å²) in [5.41, 5.74) is 3.98.